The van der Waals surface area contributed by atoms with E-state index in [0.717, 1.165) is 60.1 Å². The molecule has 70 heavy (non-hydrogen) atoms. The van der Waals surface area contributed by atoms with Gasteiger partial charge in [0, 0.05) is 68.9 Å². The van der Waals surface area contributed by atoms with Crippen molar-refractivity contribution in [2.24, 2.45) is 0 Å². The van der Waals surface area contributed by atoms with Crippen molar-refractivity contribution < 1.29 is 53.6 Å². The Bertz CT molecular complexity index is 2620. The lowest BCUT2D eigenvalue weighted by atomic mass is 10.1. The van der Waals surface area contributed by atoms with Crippen molar-refractivity contribution in [2.75, 3.05) is 74.4 Å². The molecule has 21 nitrogen and oxygen atoms in total. The number of carbonyl (C=O) groups is 2. The van der Waals surface area contributed by atoms with Crippen molar-refractivity contribution in [1.29, 1.82) is 0 Å². The molecule has 0 saturated heterocycles. The van der Waals surface area contributed by atoms with Crippen molar-refractivity contribution >= 4 is 34.9 Å². The van der Waals surface area contributed by atoms with Gasteiger partial charge in [0.1, 0.15) is 42.8 Å². The zero-order chi connectivity index (χ0) is 50.6. The number of hydrazine groups is 1. The number of hydrogen-bond acceptors (Lipinski definition) is 19. The van der Waals surface area contributed by atoms with Gasteiger partial charge in [-0.1, -0.05) is 10.7 Å². The highest BCUT2D eigenvalue weighted by Crippen LogP contribution is 2.37. The Balaban J connectivity index is 0.922. The monoisotopic (exact) mass is 968 g/mol. The number of anilines is 3. The van der Waals surface area contributed by atoms with Crippen molar-refractivity contribution in [3.63, 3.8) is 0 Å². The maximum absolute atomic E-state index is 12.7. The van der Waals surface area contributed by atoms with Gasteiger partial charge in [-0.15, -0.1) is 0 Å². The molecular weight excluding hydrogens is 905 g/mol. The van der Waals surface area contributed by atoms with Crippen LogP contribution < -0.4 is 45.2 Å². The molecule has 0 radical (unpaired) electrons. The predicted molar refractivity (Wildman–Crippen MR) is 262 cm³/mol. The van der Waals surface area contributed by atoms with Crippen LogP contribution in [0.4, 0.5) is 17.3 Å². The minimum Gasteiger partial charge on any atom is -0.493 e. The molecule has 0 fully saturated rings. The van der Waals surface area contributed by atoms with Gasteiger partial charge in [-0.3, -0.25) is 9.59 Å². The molecule has 5 aromatic rings. The summed E-state index contributed by atoms with van der Waals surface area (Å²) in [5.41, 5.74) is 9.20. The Morgan fingerprint density at radius 3 is 1.87 bits per heavy atom. The van der Waals surface area contributed by atoms with E-state index in [9.17, 15) is 30.0 Å². The molecule has 4 heterocycles. The third-order valence-corrected chi connectivity index (χ3v) is 11.6. The highest BCUT2D eigenvalue weighted by molar-refractivity contribution is 5.90. The maximum atomic E-state index is 12.7. The van der Waals surface area contributed by atoms with Gasteiger partial charge in [0.2, 0.25) is 5.82 Å². The van der Waals surface area contributed by atoms with E-state index in [1.165, 1.54) is 7.11 Å². The summed E-state index contributed by atoms with van der Waals surface area (Å²) in [6, 6.07) is 12.7. The van der Waals surface area contributed by atoms with Crippen molar-refractivity contribution in [1.82, 2.24) is 36.3 Å². The Morgan fingerprint density at radius 2 is 1.31 bits per heavy atom. The Hall–Kier alpha value is -7.04. The van der Waals surface area contributed by atoms with Crippen LogP contribution in [0.1, 0.15) is 55.5 Å². The minimum absolute atomic E-state index is 0.232. The molecule has 2 amide bonds. The van der Waals surface area contributed by atoms with Crippen LogP contribution in [0.2, 0.25) is 0 Å². The second kappa shape index (κ2) is 24.0. The normalized spacial score (nSPS) is 14.0. The number of pyridine rings is 2. The summed E-state index contributed by atoms with van der Waals surface area (Å²) in [6.45, 7) is 18.1. The molecule has 376 valence electrons. The fraction of sp³-hybridized carbons (Fsp3) is 0.429. The van der Waals surface area contributed by atoms with E-state index in [1.54, 1.807) is 54.8 Å². The molecule has 4 atom stereocenters. The maximum Gasteiger partial charge on any atom is 0.259 e. The van der Waals surface area contributed by atoms with Gasteiger partial charge in [-0.05, 0) is 114 Å². The lowest BCUT2D eigenvalue weighted by Gasteiger charge is -2.22. The molecule has 0 spiro atoms. The summed E-state index contributed by atoms with van der Waals surface area (Å²) < 4.78 is 22.8. The quantitative estimate of drug-likeness (QED) is 0.0467. The summed E-state index contributed by atoms with van der Waals surface area (Å²) in [4.78, 5) is 49.3. The van der Waals surface area contributed by atoms with Crippen molar-refractivity contribution in [2.45, 2.75) is 79.8 Å². The van der Waals surface area contributed by atoms with Crippen LogP contribution in [0, 0.1) is 27.7 Å². The molecule has 0 aliphatic carbocycles. The molecule has 0 saturated carbocycles. The third-order valence-electron chi connectivity index (χ3n) is 11.6. The lowest BCUT2D eigenvalue weighted by Crippen LogP contribution is -2.52. The molecule has 4 unspecified atom stereocenters. The summed E-state index contributed by atoms with van der Waals surface area (Å²) in [7, 11) is 1.48. The first-order valence-electron chi connectivity index (χ1n) is 23.1. The van der Waals surface area contributed by atoms with Gasteiger partial charge >= 0.3 is 0 Å². The number of aromatic nitrogens is 4. The second-order valence-electron chi connectivity index (χ2n) is 16.6. The molecule has 1 aliphatic rings. The number of aliphatic hydroxyl groups excluding tert-OH is 4. The van der Waals surface area contributed by atoms with Gasteiger partial charge in [-0.2, -0.15) is 4.98 Å². The van der Waals surface area contributed by atoms with Crippen LogP contribution in [0.3, 0.4) is 0 Å². The van der Waals surface area contributed by atoms with E-state index in [-0.39, 0.29) is 26.3 Å². The number of rotatable bonds is 24. The number of ether oxygens (including phenoxy) is 3. The number of nitrogens with zero attached hydrogens (tertiary/aromatic N) is 7. The van der Waals surface area contributed by atoms with Crippen LogP contribution >= 0.6 is 0 Å². The number of aryl methyl sites for hydroxylation is 4. The number of carbonyl (C=O) groups excluding carboxylic acids is 2. The molecule has 7 N–H and O–H groups in total. The van der Waals surface area contributed by atoms with Crippen molar-refractivity contribution in [3.8, 4) is 40.1 Å². The van der Waals surface area contributed by atoms with Gasteiger partial charge in [-0.25, -0.2) is 15.0 Å². The summed E-state index contributed by atoms with van der Waals surface area (Å²) in [5.74, 6) is 2.00. The zero-order valence-corrected chi connectivity index (χ0v) is 41.0. The van der Waals surface area contributed by atoms with Crippen LogP contribution in [-0.2, 0) is 14.4 Å². The van der Waals surface area contributed by atoms with Crippen LogP contribution in [0.15, 0.2) is 65.6 Å². The first-order chi connectivity index (χ1) is 33.6. The lowest BCUT2D eigenvalue weighted by molar-refractivity contribution is -0.146. The van der Waals surface area contributed by atoms with Gasteiger partial charge in [0.05, 0.1) is 24.6 Å². The van der Waals surface area contributed by atoms with E-state index in [2.05, 4.69) is 73.8 Å². The number of aliphatic hydroxyl groups is 4. The Labute approximate surface area is 407 Å². The summed E-state index contributed by atoms with van der Waals surface area (Å²) in [5, 5.41) is 52.4. The van der Waals surface area contributed by atoms with Crippen LogP contribution in [-0.4, -0.2) is 136 Å². The second-order valence-corrected chi connectivity index (χ2v) is 16.6. The fourth-order valence-corrected chi connectivity index (χ4v) is 7.67. The summed E-state index contributed by atoms with van der Waals surface area (Å²) >= 11 is 0. The first kappa shape index (κ1) is 52.3. The Morgan fingerprint density at radius 1 is 0.743 bits per heavy atom. The zero-order valence-electron chi connectivity index (χ0n) is 41.0. The van der Waals surface area contributed by atoms with Gasteiger partial charge in [0.15, 0.2) is 29.5 Å². The van der Waals surface area contributed by atoms with Crippen LogP contribution in [0.25, 0.3) is 28.6 Å². The van der Waals surface area contributed by atoms with Gasteiger partial charge < -0.3 is 64.4 Å². The van der Waals surface area contributed by atoms with Crippen molar-refractivity contribution in [3.05, 3.63) is 88.9 Å². The Kier molecular flexibility index (Phi) is 17.9. The minimum atomic E-state index is -2.18. The molecule has 0 bridgehead atoms. The average Bonchev–Trinajstić information content (AvgIpc) is 4.06. The standard InChI is InChI=1S/C49H64N10O11/c1-10-57(11-2)45-30(7)16-32(21-50-45)40-25-59(56-69-40)34-18-29(6)43(39(20-34)66-9)68-27-36(61)24-53-48(65)42(63)41(62)47(64)52-23-35(60)26-67-37-14-15-38(28(5)19-37)44-54-49(70-55-44)33-17-31(8)46(51-22-33)58(12-3)13-4/h14-22,25,35-36,41-42,56,60-63H,10-13,23-24,26-27H2,1-9H3,(H,52,64)(H,53,65). The van der Waals surface area contributed by atoms with E-state index < -0.39 is 36.2 Å². The molecular formula is C49H64N10O11. The highest BCUT2D eigenvalue weighted by Gasteiger charge is 2.31. The average molecular weight is 969 g/mol. The number of benzene rings is 2. The van der Waals surface area contributed by atoms with E-state index in [1.807, 2.05) is 39.0 Å². The molecule has 2 aromatic carbocycles. The molecule has 21 heteroatoms. The van der Waals surface area contributed by atoms with E-state index in [4.69, 9.17) is 23.6 Å². The van der Waals surface area contributed by atoms with Crippen LogP contribution in [0.5, 0.6) is 17.2 Å². The smallest absolute Gasteiger partial charge is 0.259 e. The number of nitrogens with one attached hydrogen (secondary N) is 3. The fourth-order valence-electron chi connectivity index (χ4n) is 7.67. The number of hydrogen-bond donors (Lipinski definition) is 7. The predicted octanol–water partition coefficient (Wildman–Crippen LogP) is 3.52. The molecule has 1 aliphatic heterocycles. The molecule has 6 rings (SSSR count). The highest BCUT2D eigenvalue weighted by atomic mass is 16.7. The third kappa shape index (κ3) is 12.6. The van der Waals surface area contributed by atoms with Gasteiger partial charge in [0.25, 0.3) is 17.7 Å². The van der Waals surface area contributed by atoms with E-state index >= 15 is 0 Å². The topological polar surface area (TPSA) is 262 Å². The number of amides is 2. The number of methoxy groups -OCH3 is 1. The largest absolute Gasteiger partial charge is 0.493 e. The summed E-state index contributed by atoms with van der Waals surface area (Å²) in [6.07, 6.45) is -1.57. The van der Waals surface area contributed by atoms with E-state index in [0.29, 0.717) is 57.1 Å². The SMILES string of the molecule is CCN(CC)c1ncc(C2=CN(c3cc(C)c(OCC(O)CNC(=O)C(O)C(O)C(=O)NCC(O)COc4ccc(-c5noc(-c6cnc(N(CC)CC)c(C)c6)n5)c(C)c4)c(OC)c3)NO2)cc1C. The molecule has 3 aromatic heterocycles. The first-order valence-corrected chi connectivity index (χ1v) is 23.1.